The van der Waals surface area contributed by atoms with Gasteiger partial charge < -0.3 is 15.2 Å². The largest absolute Gasteiger partial charge is 0.489 e. The molecule has 0 spiro atoms. The molecular weight excluding hydrogens is 411 g/mol. The molecule has 29 heavy (non-hydrogen) atoms. The fourth-order valence-corrected chi connectivity index (χ4v) is 3.61. The van der Waals surface area contributed by atoms with E-state index in [4.69, 9.17) is 38.4 Å². The summed E-state index contributed by atoms with van der Waals surface area (Å²) in [5.41, 5.74) is 9.73. The summed E-state index contributed by atoms with van der Waals surface area (Å²) in [4.78, 5) is 0. The lowest BCUT2D eigenvalue weighted by atomic mass is 9.84. The van der Waals surface area contributed by atoms with Gasteiger partial charge in [-0.1, -0.05) is 41.4 Å². The Balaban J connectivity index is 1.58. The molecule has 0 radical (unpaired) electrons. The third-order valence-electron chi connectivity index (χ3n) is 4.73. The Hall–Kier alpha value is -3.14. The van der Waals surface area contributed by atoms with E-state index in [0.29, 0.717) is 33.9 Å². The number of H-pyrrole nitrogens is 1. The number of allylic oxidation sites excluding steroid dienone is 1. The number of aryl methyl sites for hydroxylation is 1. The van der Waals surface area contributed by atoms with Crippen LogP contribution in [0, 0.1) is 18.3 Å². The molecule has 1 aliphatic rings. The van der Waals surface area contributed by atoms with Crippen molar-refractivity contribution in [3.63, 3.8) is 0 Å². The Morgan fingerprint density at radius 2 is 1.97 bits per heavy atom. The highest BCUT2D eigenvalue weighted by atomic mass is 35.5. The highest BCUT2D eigenvalue weighted by Crippen LogP contribution is 2.42. The van der Waals surface area contributed by atoms with Gasteiger partial charge in [-0.2, -0.15) is 5.26 Å². The molecule has 0 saturated heterocycles. The number of aromatic nitrogens is 2. The lowest BCUT2D eigenvalue weighted by Gasteiger charge is -2.23. The van der Waals surface area contributed by atoms with Gasteiger partial charge in [0.25, 0.3) is 0 Å². The number of ether oxygens (including phenoxy) is 2. The van der Waals surface area contributed by atoms with E-state index >= 15 is 0 Å². The zero-order valence-corrected chi connectivity index (χ0v) is 16.9. The standard InChI is InChI=1S/C21H16Cl2N4O2/c1-11-18-19(15(9-24)20(25)29-21(18)27-26-11)13-3-5-14(6-4-13)28-10-12-2-7-16(22)17(23)8-12/h2-8,19H,10,25H2,1H3,(H,26,27)/t19-/m1/s1. The van der Waals surface area contributed by atoms with Gasteiger partial charge in [0.2, 0.25) is 11.8 Å². The van der Waals surface area contributed by atoms with E-state index in [2.05, 4.69) is 16.3 Å². The van der Waals surface area contributed by atoms with Crippen molar-refractivity contribution in [3.05, 3.63) is 86.4 Å². The molecule has 1 aromatic heterocycles. The van der Waals surface area contributed by atoms with Crippen LogP contribution in [0.2, 0.25) is 10.0 Å². The van der Waals surface area contributed by atoms with Gasteiger partial charge in [0.15, 0.2) is 0 Å². The fourth-order valence-electron chi connectivity index (χ4n) is 3.28. The predicted molar refractivity (Wildman–Crippen MR) is 110 cm³/mol. The van der Waals surface area contributed by atoms with Crippen molar-refractivity contribution < 1.29 is 9.47 Å². The van der Waals surface area contributed by atoms with Crippen LogP contribution >= 0.6 is 23.2 Å². The Bertz CT molecular complexity index is 1150. The quantitative estimate of drug-likeness (QED) is 0.622. The lowest BCUT2D eigenvalue weighted by Crippen LogP contribution is -2.21. The fraction of sp³-hybridized carbons (Fsp3) is 0.143. The molecule has 6 nitrogen and oxygen atoms in total. The first kappa shape index (κ1) is 19.2. The Morgan fingerprint density at radius 3 is 2.66 bits per heavy atom. The summed E-state index contributed by atoms with van der Waals surface area (Å²) in [6.45, 7) is 2.24. The Morgan fingerprint density at radius 1 is 1.21 bits per heavy atom. The molecule has 4 rings (SSSR count). The van der Waals surface area contributed by atoms with Gasteiger partial charge in [-0.25, -0.2) is 0 Å². The molecule has 0 amide bonds. The van der Waals surface area contributed by atoms with E-state index < -0.39 is 0 Å². The van der Waals surface area contributed by atoms with Crippen LogP contribution in [0.25, 0.3) is 0 Å². The first-order valence-corrected chi connectivity index (χ1v) is 9.52. The van der Waals surface area contributed by atoms with E-state index in [1.54, 1.807) is 12.1 Å². The molecule has 3 N–H and O–H groups in total. The molecule has 3 aromatic rings. The first-order valence-electron chi connectivity index (χ1n) is 8.77. The summed E-state index contributed by atoms with van der Waals surface area (Å²) in [5.74, 6) is 0.790. The zero-order chi connectivity index (χ0) is 20.5. The zero-order valence-electron chi connectivity index (χ0n) is 15.4. The number of nitrogens with zero attached hydrogens (tertiary/aromatic N) is 2. The van der Waals surface area contributed by atoms with Crippen LogP contribution in [0.5, 0.6) is 11.6 Å². The second-order valence-electron chi connectivity index (χ2n) is 6.60. The van der Waals surface area contributed by atoms with Gasteiger partial charge in [-0.15, -0.1) is 5.10 Å². The molecule has 0 fully saturated rings. The molecule has 146 valence electrons. The minimum absolute atomic E-state index is 0.0662. The van der Waals surface area contributed by atoms with Gasteiger partial charge in [0, 0.05) is 11.3 Å². The number of hydrogen-bond donors (Lipinski definition) is 2. The minimum Gasteiger partial charge on any atom is -0.489 e. The molecule has 1 aliphatic heterocycles. The predicted octanol–water partition coefficient (Wildman–Crippen LogP) is 4.82. The van der Waals surface area contributed by atoms with Crippen LogP contribution in [0.3, 0.4) is 0 Å². The topological polar surface area (TPSA) is 97.0 Å². The van der Waals surface area contributed by atoms with Crippen LogP contribution in [-0.2, 0) is 6.61 Å². The third-order valence-corrected chi connectivity index (χ3v) is 5.47. The van der Waals surface area contributed by atoms with E-state index in [0.717, 1.165) is 22.4 Å². The number of fused-ring (bicyclic) bond motifs is 1. The van der Waals surface area contributed by atoms with Crippen molar-refractivity contribution in [1.82, 2.24) is 10.2 Å². The van der Waals surface area contributed by atoms with Crippen molar-refractivity contribution in [2.24, 2.45) is 5.73 Å². The summed E-state index contributed by atoms with van der Waals surface area (Å²) in [6, 6.07) is 15.0. The highest BCUT2D eigenvalue weighted by molar-refractivity contribution is 6.42. The average Bonchev–Trinajstić information content (AvgIpc) is 3.08. The van der Waals surface area contributed by atoms with Gasteiger partial charge >= 0.3 is 0 Å². The SMILES string of the molecule is Cc1[nH]nc2c1[C@H](c1ccc(OCc3ccc(Cl)c(Cl)c3)cc1)C(C#N)=C(N)O2. The van der Waals surface area contributed by atoms with Gasteiger partial charge in [-0.3, -0.25) is 5.10 Å². The number of nitriles is 1. The van der Waals surface area contributed by atoms with Crippen molar-refractivity contribution in [2.45, 2.75) is 19.4 Å². The number of halogens is 2. The van der Waals surface area contributed by atoms with Crippen LogP contribution in [0.1, 0.15) is 28.3 Å². The van der Waals surface area contributed by atoms with E-state index in [1.165, 1.54) is 0 Å². The Kier molecular flexibility index (Phi) is 5.10. The maximum absolute atomic E-state index is 9.61. The first-order chi connectivity index (χ1) is 14.0. The molecular formula is C21H16Cl2N4O2. The molecule has 2 heterocycles. The maximum atomic E-state index is 9.61. The number of aromatic amines is 1. The van der Waals surface area contributed by atoms with Crippen molar-refractivity contribution in [2.75, 3.05) is 0 Å². The lowest BCUT2D eigenvalue weighted by molar-refractivity contribution is 0.306. The van der Waals surface area contributed by atoms with Crippen LogP contribution < -0.4 is 15.2 Å². The molecule has 2 aromatic carbocycles. The second-order valence-corrected chi connectivity index (χ2v) is 7.41. The van der Waals surface area contributed by atoms with E-state index in [9.17, 15) is 5.26 Å². The van der Waals surface area contributed by atoms with Crippen molar-refractivity contribution in [1.29, 1.82) is 5.26 Å². The summed E-state index contributed by atoms with van der Waals surface area (Å²) in [6.07, 6.45) is 0. The molecule has 8 heteroatoms. The van der Waals surface area contributed by atoms with Gasteiger partial charge in [-0.05, 0) is 42.3 Å². The summed E-state index contributed by atoms with van der Waals surface area (Å²) in [7, 11) is 0. The third kappa shape index (κ3) is 3.63. The number of nitrogens with one attached hydrogen (secondary N) is 1. The number of hydrogen-bond acceptors (Lipinski definition) is 5. The van der Waals surface area contributed by atoms with Gasteiger partial charge in [0.1, 0.15) is 24.0 Å². The normalized spacial score (nSPS) is 15.4. The van der Waals surface area contributed by atoms with E-state index in [1.807, 2.05) is 37.3 Å². The highest BCUT2D eigenvalue weighted by Gasteiger charge is 2.34. The number of rotatable bonds is 4. The minimum atomic E-state index is -0.355. The van der Waals surface area contributed by atoms with Gasteiger partial charge in [0.05, 0.1) is 16.0 Å². The molecule has 0 unspecified atom stereocenters. The van der Waals surface area contributed by atoms with Crippen LogP contribution in [0.4, 0.5) is 0 Å². The molecule has 1 atom stereocenters. The van der Waals surface area contributed by atoms with E-state index in [-0.39, 0.29) is 11.8 Å². The molecule has 0 saturated carbocycles. The Labute approximate surface area is 177 Å². The summed E-state index contributed by atoms with van der Waals surface area (Å²) >= 11 is 12.0. The molecule has 0 bridgehead atoms. The number of benzene rings is 2. The van der Waals surface area contributed by atoms with Crippen LogP contribution in [0.15, 0.2) is 53.9 Å². The summed E-state index contributed by atoms with van der Waals surface area (Å²) < 4.78 is 11.3. The second kappa shape index (κ2) is 7.70. The average molecular weight is 427 g/mol. The molecule has 0 aliphatic carbocycles. The summed E-state index contributed by atoms with van der Waals surface area (Å²) in [5, 5.41) is 17.6. The van der Waals surface area contributed by atoms with Crippen LogP contribution in [-0.4, -0.2) is 10.2 Å². The van der Waals surface area contributed by atoms with Crippen molar-refractivity contribution in [3.8, 4) is 17.7 Å². The number of nitrogens with two attached hydrogens (primary N) is 1. The monoisotopic (exact) mass is 426 g/mol. The smallest absolute Gasteiger partial charge is 0.244 e. The van der Waals surface area contributed by atoms with Crippen molar-refractivity contribution >= 4 is 23.2 Å². The maximum Gasteiger partial charge on any atom is 0.244 e.